The molecule has 0 N–H and O–H groups in total. The summed E-state index contributed by atoms with van der Waals surface area (Å²) >= 11 is 0. The SMILES string of the molecule is CCCCCC1CC(c2ccc(OCc3ccc(-c4ccc(OCCC)cc4)cc3)cc2)=NO1. The topological polar surface area (TPSA) is 40.0 Å². The Morgan fingerprint density at radius 2 is 1.35 bits per heavy atom. The summed E-state index contributed by atoms with van der Waals surface area (Å²) in [5.41, 5.74) is 5.65. The van der Waals surface area contributed by atoms with Crippen LogP contribution in [0.2, 0.25) is 0 Å². The molecule has 0 saturated carbocycles. The van der Waals surface area contributed by atoms with Crippen LogP contribution in [0.15, 0.2) is 78.0 Å². The van der Waals surface area contributed by atoms with Gasteiger partial charge in [0.15, 0.2) is 0 Å². The second-order valence-electron chi connectivity index (χ2n) is 8.85. The molecule has 1 atom stereocenters. The molecule has 178 valence electrons. The fraction of sp³-hybridized carbons (Fsp3) is 0.367. The molecule has 0 fully saturated rings. The molecule has 1 heterocycles. The highest BCUT2D eigenvalue weighted by atomic mass is 16.6. The molecule has 0 amide bonds. The minimum Gasteiger partial charge on any atom is -0.494 e. The first-order chi connectivity index (χ1) is 16.7. The smallest absolute Gasteiger partial charge is 0.133 e. The van der Waals surface area contributed by atoms with E-state index < -0.39 is 0 Å². The van der Waals surface area contributed by atoms with Crippen molar-refractivity contribution in [1.82, 2.24) is 0 Å². The van der Waals surface area contributed by atoms with Crippen LogP contribution in [0.25, 0.3) is 11.1 Å². The summed E-state index contributed by atoms with van der Waals surface area (Å²) in [5.74, 6) is 1.77. The fourth-order valence-corrected chi connectivity index (χ4v) is 4.04. The molecule has 3 aromatic rings. The Bertz CT molecular complexity index is 1040. The van der Waals surface area contributed by atoms with Crippen LogP contribution in [0.5, 0.6) is 11.5 Å². The molecule has 4 nitrogen and oxygen atoms in total. The normalized spacial score (nSPS) is 15.0. The van der Waals surface area contributed by atoms with Crippen molar-refractivity contribution in [2.75, 3.05) is 6.61 Å². The lowest BCUT2D eigenvalue weighted by Gasteiger charge is -2.09. The molecular weight excluding hydrogens is 422 g/mol. The molecule has 0 bridgehead atoms. The summed E-state index contributed by atoms with van der Waals surface area (Å²) in [4.78, 5) is 5.62. The van der Waals surface area contributed by atoms with E-state index >= 15 is 0 Å². The van der Waals surface area contributed by atoms with Gasteiger partial charge in [-0.05, 0) is 77.9 Å². The Hall–Kier alpha value is -3.27. The van der Waals surface area contributed by atoms with Crippen molar-refractivity contribution in [1.29, 1.82) is 0 Å². The minimum absolute atomic E-state index is 0.229. The first-order valence-corrected chi connectivity index (χ1v) is 12.5. The highest BCUT2D eigenvalue weighted by Crippen LogP contribution is 2.25. The Morgan fingerprint density at radius 3 is 2.00 bits per heavy atom. The first-order valence-electron chi connectivity index (χ1n) is 12.5. The highest BCUT2D eigenvalue weighted by Gasteiger charge is 2.21. The van der Waals surface area contributed by atoms with E-state index in [1.807, 2.05) is 24.3 Å². The molecule has 3 aromatic carbocycles. The number of nitrogens with zero attached hydrogens (tertiary/aromatic N) is 1. The van der Waals surface area contributed by atoms with Crippen LogP contribution in [0.1, 0.15) is 63.5 Å². The van der Waals surface area contributed by atoms with Gasteiger partial charge in [-0.2, -0.15) is 0 Å². The van der Waals surface area contributed by atoms with Crippen LogP contribution in [0.4, 0.5) is 0 Å². The molecule has 1 unspecified atom stereocenters. The van der Waals surface area contributed by atoms with Gasteiger partial charge in [-0.1, -0.05) is 68.2 Å². The monoisotopic (exact) mass is 457 g/mol. The maximum absolute atomic E-state index is 6.01. The standard InChI is InChI=1S/C30H35NO3/c1-3-5-6-7-29-21-30(31-34-29)26-14-18-28(19-15-26)33-22-23-8-10-24(11-9-23)25-12-16-27(17-13-25)32-20-4-2/h8-19,29H,3-7,20-22H2,1-2H3. The Morgan fingerprint density at radius 1 is 0.735 bits per heavy atom. The third kappa shape index (κ3) is 6.63. The lowest BCUT2D eigenvalue weighted by molar-refractivity contribution is 0.0771. The Labute approximate surface area is 203 Å². The molecular formula is C30H35NO3. The number of unbranched alkanes of at least 4 members (excludes halogenated alkanes) is 2. The number of ether oxygens (including phenoxy) is 2. The van der Waals surface area contributed by atoms with Crippen molar-refractivity contribution < 1.29 is 14.3 Å². The van der Waals surface area contributed by atoms with Crippen LogP contribution in [0.3, 0.4) is 0 Å². The molecule has 0 saturated heterocycles. The maximum atomic E-state index is 6.01. The van der Waals surface area contributed by atoms with Gasteiger partial charge in [-0.3, -0.25) is 0 Å². The lowest BCUT2D eigenvalue weighted by Crippen LogP contribution is -2.08. The molecule has 1 aliphatic heterocycles. The summed E-state index contributed by atoms with van der Waals surface area (Å²) < 4.78 is 11.7. The van der Waals surface area contributed by atoms with Crippen LogP contribution in [-0.4, -0.2) is 18.4 Å². The average molecular weight is 458 g/mol. The van der Waals surface area contributed by atoms with Crippen molar-refractivity contribution in [2.24, 2.45) is 5.16 Å². The fourth-order valence-electron chi connectivity index (χ4n) is 4.04. The number of oxime groups is 1. The summed E-state index contributed by atoms with van der Waals surface area (Å²) in [6.07, 6.45) is 6.91. The Kier molecular flexibility index (Phi) is 8.61. The van der Waals surface area contributed by atoms with E-state index in [0.29, 0.717) is 6.61 Å². The van der Waals surface area contributed by atoms with Gasteiger partial charge in [0.1, 0.15) is 24.2 Å². The summed E-state index contributed by atoms with van der Waals surface area (Å²) in [7, 11) is 0. The van der Waals surface area contributed by atoms with Gasteiger partial charge < -0.3 is 14.3 Å². The third-order valence-electron chi connectivity index (χ3n) is 6.07. The molecule has 34 heavy (non-hydrogen) atoms. The first kappa shape index (κ1) is 23.9. The zero-order chi connectivity index (χ0) is 23.6. The van der Waals surface area contributed by atoms with E-state index in [0.717, 1.165) is 54.2 Å². The summed E-state index contributed by atoms with van der Waals surface area (Å²) in [6.45, 7) is 5.62. The van der Waals surface area contributed by atoms with Gasteiger partial charge in [0.2, 0.25) is 0 Å². The van der Waals surface area contributed by atoms with Crippen molar-refractivity contribution in [2.45, 2.75) is 65.1 Å². The minimum atomic E-state index is 0.229. The summed E-state index contributed by atoms with van der Waals surface area (Å²) in [6, 6.07) is 24.9. The molecule has 4 rings (SSSR count). The van der Waals surface area contributed by atoms with E-state index in [1.54, 1.807) is 0 Å². The van der Waals surface area contributed by atoms with E-state index in [1.165, 1.54) is 30.4 Å². The van der Waals surface area contributed by atoms with Crippen LogP contribution in [-0.2, 0) is 11.4 Å². The molecule has 4 heteroatoms. The zero-order valence-electron chi connectivity index (χ0n) is 20.3. The van der Waals surface area contributed by atoms with Crippen LogP contribution >= 0.6 is 0 Å². The van der Waals surface area contributed by atoms with E-state index in [4.69, 9.17) is 14.3 Å². The van der Waals surface area contributed by atoms with Gasteiger partial charge in [-0.15, -0.1) is 0 Å². The maximum Gasteiger partial charge on any atom is 0.133 e. The molecule has 1 aliphatic rings. The Balaban J connectivity index is 1.26. The predicted molar refractivity (Wildman–Crippen MR) is 139 cm³/mol. The van der Waals surface area contributed by atoms with E-state index in [2.05, 4.69) is 67.5 Å². The second kappa shape index (κ2) is 12.3. The van der Waals surface area contributed by atoms with Gasteiger partial charge in [0, 0.05) is 6.42 Å². The lowest BCUT2D eigenvalue weighted by atomic mass is 10.0. The van der Waals surface area contributed by atoms with Crippen LogP contribution in [0, 0.1) is 0 Å². The third-order valence-corrected chi connectivity index (χ3v) is 6.07. The quantitative estimate of drug-likeness (QED) is 0.261. The zero-order valence-corrected chi connectivity index (χ0v) is 20.3. The molecule has 0 spiro atoms. The molecule has 0 radical (unpaired) electrons. The van der Waals surface area contributed by atoms with Crippen molar-refractivity contribution >= 4 is 5.71 Å². The molecule has 0 aliphatic carbocycles. The van der Waals surface area contributed by atoms with Crippen molar-refractivity contribution in [3.63, 3.8) is 0 Å². The number of rotatable bonds is 12. The summed E-state index contributed by atoms with van der Waals surface area (Å²) in [5, 5.41) is 4.31. The average Bonchev–Trinajstić information content (AvgIpc) is 3.36. The number of hydrogen-bond donors (Lipinski definition) is 0. The number of benzene rings is 3. The van der Waals surface area contributed by atoms with Gasteiger partial charge in [0.25, 0.3) is 0 Å². The van der Waals surface area contributed by atoms with Gasteiger partial charge in [-0.25, -0.2) is 0 Å². The highest BCUT2D eigenvalue weighted by molar-refractivity contribution is 6.01. The predicted octanol–water partition coefficient (Wildman–Crippen LogP) is 7.79. The van der Waals surface area contributed by atoms with E-state index in [-0.39, 0.29) is 6.10 Å². The second-order valence-corrected chi connectivity index (χ2v) is 8.85. The van der Waals surface area contributed by atoms with Crippen LogP contribution < -0.4 is 9.47 Å². The van der Waals surface area contributed by atoms with Crippen molar-refractivity contribution in [3.8, 4) is 22.6 Å². The van der Waals surface area contributed by atoms with Gasteiger partial charge >= 0.3 is 0 Å². The van der Waals surface area contributed by atoms with Crippen molar-refractivity contribution in [3.05, 3.63) is 83.9 Å². The van der Waals surface area contributed by atoms with Gasteiger partial charge in [0.05, 0.1) is 12.3 Å². The largest absolute Gasteiger partial charge is 0.494 e. The molecule has 0 aromatic heterocycles. The number of hydrogen-bond acceptors (Lipinski definition) is 4. The van der Waals surface area contributed by atoms with E-state index in [9.17, 15) is 0 Å².